The molecular formula is C89H121Cl2I3N10O16V-. The van der Waals surface area contributed by atoms with Crippen molar-refractivity contribution >= 4 is 147 Å². The average Bonchev–Trinajstić information content (AvgIpc) is 1.09. The van der Waals surface area contributed by atoms with Crippen molar-refractivity contribution in [1.82, 2.24) is 29.6 Å². The number of rotatable bonds is 16. The number of hydrogen-bond acceptors (Lipinski definition) is 19. The van der Waals surface area contributed by atoms with Crippen LogP contribution >= 0.6 is 83.9 Å². The summed E-state index contributed by atoms with van der Waals surface area (Å²) < 4.78 is 25.4. The van der Waals surface area contributed by atoms with E-state index in [1.165, 1.54) is 75.6 Å². The summed E-state index contributed by atoms with van der Waals surface area (Å²) in [7, 11) is 1.00. The Morgan fingerprint density at radius 2 is 0.810 bits per heavy atom. The number of carbonyl (C=O) groups excluding carboxylic acids is 4. The number of nitro benzene ring substituents is 2. The summed E-state index contributed by atoms with van der Waals surface area (Å²) >= 11 is 12.6. The molecule has 8 aliphatic rings. The predicted molar refractivity (Wildman–Crippen MR) is 503 cm³/mol. The van der Waals surface area contributed by atoms with Crippen molar-refractivity contribution in [3.63, 3.8) is 0 Å². The number of aromatic nitrogens is 2. The number of carbonyl (C=O) groups is 5. The number of hydrogen-bond donors (Lipinski definition) is 5. The molecule has 5 heterocycles. The number of non-ortho nitro benzene ring substituents is 2. The second kappa shape index (κ2) is 54.6. The number of piperidine rings is 4. The fourth-order valence-corrected chi connectivity index (χ4v) is 16.0. The number of aliphatic hydroxyl groups is 1. The summed E-state index contributed by atoms with van der Waals surface area (Å²) in [6.07, 6.45) is 25.7. The zero-order chi connectivity index (χ0) is 85.2. The first-order chi connectivity index (χ1) is 56.7. The fourth-order valence-electron chi connectivity index (χ4n) is 15.8. The van der Waals surface area contributed by atoms with Crippen molar-refractivity contribution in [1.29, 1.82) is 0 Å². The van der Waals surface area contributed by atoms with Crippen LogP contribution in [0.4, 0.5) is 22.7 Å². The molecule has 0 atom stereocenters. The molecule has 121 heavy (non-hydrogen) atoms. The molecule has 32 heteroatoms. The average molecular weight is 2090 g/mol. The van der Waals surface area contributed by atoms with E-state index in [0.717, 1.165) is 202 Å². The number of likely N-dealkylation sites (tertiary alicyclic amines) is 3. The third-order valence-electron chi connectivity index (χ3n) is 22.2. The molecule has 3 amide bonds. The number of aliphatic hydroxyl groups excluding tert-OH is 1. The van der Waals surface area contributed by atoms with Gasteiger partial charge in [-0.25, -0.2) is 9.78 Å². The summed E-state index contributed by atoms with van der Waals surface area (Å²) in [5.74, 6) is 4.68. The number of anilines is 2. The van der Waals surface area contributed by atoms with Gasteiger partial charge in [0.15, 0.2) is 0 Å². The van der Waals surface area contributed by atoms with Crippen LogP contribution < -0.4 is 41.3 Å². The quantitative estimate of drug-likeness (QED) is 0.0150. The zero-order valence-electron chi connectivity index (χ0n) is 69.2. The topological polar surface area (TPSA) is 358 Å². The van der Waals surface area contributed by atoms with Gasteiger partial charge in [-0.05, 0) is 207 Å². The van der Waals surface area contributed by atoms with Gasteiger partial charge in [0.05, 0.1) is 32.0 Å². The van der Waals surface area contributed by atoms with Gasteiger partial charge in [-0.3, -0.25) is 48.8 Å². The van der Waals surface area contributed by atoms with Crippen LogP contribution in [0.1, 0.15) is 189 Å². The van der Waals surface area contributed by atoms with Crippen molar-refractivity contribution in [2.24, 2.45) is 23.7 Å². The Labute approximate surface area is 761 Å². The number of fused-ring (bicyclic) bond motifs is 1. The Kier molecular flexibility index (Phi) is 47.1. The van der Waals surface area contributed by atoms with Crippen molar-refractivity contribution in [3.8, 4) is 28.7 Å². The number of benzene rings is 6. The number of halogens is 5. The van der Waals surface area contributed by atoms with Gasteiger partial charge in [0, 0.05) is 144 Å². The van der Waals surface area contributed by atoms with Crippen LogP contribution in [0.3, 0.4) is 0 Å². The molecule has 0 spiro atoms. The van der Waals surface area contributed by atoms with Crippen LogP contribution in [0.25, 0.3) is 16.6 Å². The number of nitrogens with two attached hydrogens (primary N) is 2. The van der Waals surface area contributed by atoms with Crippen LogP contribution in [0, 0.1) is 72.1 Å². The number of amides is 3. The molecule has 7 N–H and O–H groups in total. The second-order valence-corrected chi connectivity index (χ2v) is 66.4. The van der Waals surface area contributed by atoms with Crippen molar-refractivity contribution in [2.75, 3.05) is 70.9 Å². The normalized spacial score (nSPS) is 17.0. The number of nitrogens with zero attached hydrogens (tertiary/aromatic N) is 7. The Morgan fingerprint density at radius 1 is 0.496 bits per heavy atom. The van der Waals surface area contributed by atoms with E-state index in [9.17, 15) is 49.0 Å². The Bertz CT molecular complexity index is 4390. The van der Waals surface area contributed by atoms with Crippen LogP contribution in [0.2, 0.25) is 0 Å². The third kappa shape index (κ3) is 34.4. The summed E-state index contributed by atoms with van der Waals surface area (Å²) in [4.78, 5) is 102. The number of carboxylic acid groups (broad SMARTS) is 1. The maximum atomic E-state index is 13.1. The van der Waals surface area contributed by atoms with Crippen LogP contribution in [-0.4, -0.2) is 157 Å². The number of carboxylic acids is 1. The van der Waals surface area contributed by atoms with Gasteiger partial charge in [-0.1, -0.05) is 82.1 Å². The Morgan fingerprint density at radius 3 is 1.13 bits per heavy atom. The number of nitrogen functional groups attached to an aromatic ring is 2. The molecule has 0 unspecified atom stereocenters. The molecule has 4 aliphatic heterocycles. The first-order valence-electron chi connectivity index (χ1n) is 40.9. The number of aryl methyl sites for hydroxylation is 3. The molecule has 0 radical (unpaired) electrons. The maximum absolute atomic E-state index is 13.1. The minimum absolute atomic E-state index is 0. The van der Waals surface area contributed by atoms with Gasteiger partial charge in [0.1, 0.15) is 53.2 Å². The predicted octanol–water partition coefficient (Wildman–Crippen LogP) is 19.3. The monoisotopic (exact) mass is 2090 g/mol. The van der Waals surface area contributed by atoms with E-state index < -0.39 is 15.8 Å². The van der Waals surface area contributed by atoms with Crippen LogP contribution in [-0.2, 0) is 24.1 Å². The molecular weight excluding hydrogens is 1970 g/mol. The summed E-state index contributed by atoms with van der Waals surface area (Å²) in [5, 5.41) is 40.5. The van der Waals surface area contributed by atoms with Gasteiger partial charge < -0.3 is 68.1 Å². The molecule has 4 aliphatic carbocycles. The molecule has 7 aromatic rings. The van der Waals surface area contributed by atoms with Crippen LogP contribution in [0.5, 0.6) is 23.0 Å². The molecule has 4 saturated carbocycles. The Balaban J connectivity index is 0.000000265. The van der Waals surface area contributed by atoms with E-state index >= 15 is 0 Å². The van der Waals surface area contributed by atoms with E-state index in [1.54, 1.807) is 47.0 Å². The van der Waals surface area contributed by atoms with Crippen molar-refractivity contribution in [3.05, 3.63) is 194 Å². The standard InChI is InChI=1S/C27H31N3O3.C17H22N2O4.C17H24N2O2.C11H14N2O3.C8H9NO2.C6H9ClO.CH4O.CH4.CH3.ClH.3HI.V/c1-18-7-12-25-24(17-18)27(32)30(19(2)28-25)21-8-10-22(11-9-21)33-23-13-15-29(16-14-23)26(31)20-5-3-4-6-20;20-17(13-3-1-2-4-13)18-11-9-16(10-12-18)23-15-7-5-14(6-8-15)19(21)22;18-14-5-7-15(8-6-14)21-16-9-11-19(12-10-16)17(20)13-3-1-2-4-13;14-13(15)9-1-3-10(4-2-9)16-11-5-7-12-8-6-11;1-5-2-3-7(9)6(4-5)8(10)11;7-6(8)5-3-1-2-4-5;1-2;;;;;;;/h7-12,17,20,23H,3-6,13-16H2,1-2H3;5-8,13,16H,1-4,9-12H2;5-8,13,16H,1-4,9-12,18H2;1-4,11-12H,5-8H2;2-4H,9H2,1H3,(H,10,11);5H,1-4H2;2H,1H3;1H4;1H3;4*1H;/q;;;;;;;;-1;;;;;+3/p-3. The van der Waals surface area contributed by atoms with E-state index in [1.807, 2.05) is 102 Å². The molecule has 15 rings (SSSR count). The van der Waals surface area contributed by atoms with Gasteiger partial charge in [0.2, 0.25) is 23.0 Å². The van der Waals surface area contributed by atoms with E-state index in [-0.39, 0.29) is 102 Å². The second-order valence-electron chi connectivity index (χ2n) is 30.7. The number of nitro groups is 2. The first kappa shape index (κ1) is 104. The van der Waals surface area contributed by atoms with Crippen molar-refractivity contribution < 1.29 is 67.9 Å². The van der Waals surface area contributed by atoms with Crippen molar-refractivity contribution in [2.45, 2.75) is 207 Å². The number of nitrogens with one attached hydrogen (secondary N) is 1. The SMILES string of the molecule is C.CO.Cc1ccc(N)c(C(=O)O)c1.Cc1ccc2nc(C)n(-c3ccc(OC4CCN(C(=O)C5CCCC5)CC4)cc3)c(=O)c2c1.Cl.Nc1ccc(OC2CCN(C(=O)C3CCCC3)CC2)cc1.O=C(C1CCCC1)N1CCC(Oc2ccc([N+](=O)[O-])cc2)CC1.O=C(Cl)C1CCCC1.O=[N+]([O-])c1ccc(OC2CCNCC2)cc1.[CH3-].[I][V]([I])[I]. The van der Waals surface area contributed by atoms with Crippen LogP contribution in [0.15, 0.2) is 138 Å². The molecule has 1 aromatic heterocycles. The number of ether oxygens (including phenoxy) is 4. The Hall–Kier alpha value is -7.12. The molecule has 0 bridgehead atoms. The van der Waals surface area contributed by atoms with Gasteiger partial charge in [-0.15, -0.1) is 12.4 Å². The van der Waals surface area contributed by atoms with E-state index in [2.05, 4.69) is 70.2 Å². The van der Waals surface area contributed by atoms with E-state index in [4.69, 9.17) is 52.2 Å². The first-order valence-corrected chi connectivity index (χ1v) is 54.8. The fraction of sp³-hybridized carbons (Fsp3) is 0.506. The molecule has 4 saturated heterocycles. The van der Waals surface area contributed by atoms with Gasteiger partial charge in [0.25, 0.3) is 16.9 Å². The van der Waals surface area contributed by atoms with Gasteiger partial charge in [-0.2, -0.15) is 0 Å². The van der Waals surface area contributed by atoms with E-state index in [0.29, 0.717) is 52.0 Å². The number of aromatic carboxylic acids is 1. The summed E-state index contributed by atoms with van der Waals surface area (Å²) in [6, 6.07) is 38.3. The minimum atomic E-state index is -0.980. The molecule has 6 aromatic carbocycles. The molecule has 8 fully saturated rings. The third-order valence-corrected chi connectivity index (χ3v) is 22.6. The zero-order valence-corrected chi connectivity index (χ0v) is 78.7. The summed E-state index contributed by atoms with van der Waals surface area (Å²) in [6.45, 7) is 12.3. The summed E-state index contributed by atoms with van der Waals surface area (Å²) in [5.41, 5.74) is 15.8. The van der Waals surface area contributed by atoms with Gasteiger partial charge >= 0.3 is 70.8 Å². The molecule has 664 valence electrons. The molecule has 26 nitrogen and oxygen atoms in total.